The number of hydrogen-bond acceptors (Lipinski definition) is 3. The highest BCUT2D eigenvalue weighted by molar-refractivity contribution is 6.57. The minimum Gasteiger partial charge on any atom is -0.465 e. The van der Waals surface area contributed by atoms with Crippen LogP contribution in [-0.4, -0.2) is 17.2 Å². The second kappa shape index (κ2) is 4.33. The fourth-order valence-corrected chi connectivity index (χ4v) is 2.00. The van der Waals surface area contributed by atoms with Gasteiger partial charge in [0.2, 0.25) is 0 Å². The molecule has 0 fully saturated rings. The van der Waals surface area contributed by atoms with Gasteiger partial charge >= 0.3 is 7.12 Å². The SMILES string of the molecule is OB(O)c1cc2cc(-c3ccccc3)ccc2o1. The van der Waals surface area contributed by atoms with Gasteiger partial charge in [-0.05, 0) is 29.3 Å². The van der Waals surface area contributed by atoms with E-state index in [1.807, 2.05) is 48.5 Å². The zero-order chi connectivity index (χ0) is 12.5. The number of furan rings is 1. The molecule has 2 aromatic carbocycles. The molecule has 4 heteroatoms. The second-order valence-electron chi connectivity index (χ2n) is 4.14. The van der Waals surface area contributed by atoms with Crippen molar-refractivity contribution in [1.82, 2.24) is 0 Å². The average Bonchev–Trinajstić information content (AvgIpc) is 2.82. The van der Waals surface area contributed by atoms with Gasteiger partial charge in [0.25, 0.3) is 0 Å². The maximum atomic E-state index is 9.07. The highest BCUT2D eigenvalue weighted by atomic mass is 16.4. The lowest BCUT2D eigenvalue weighted by Gasteiger charge is -2.00. The lowest BCUT2D eigenvalue weighted by atomic mass is 9.88. The third-order valence-corrected chi connectivity index (χ3v) is 2.90. The molecule has 0 aliphatic carbocycles. The Morgan fingerprint density at radius 3 is 2.33 bits per heavy atom. The van der Waals surface area contributed by atoms with Crippen LogP contribution in [-0.2, 0) is 0 Å². The summed E-state index contributed by atoms with van der Waals surface area (Å²) in [4.78, 5) is 0. The summed E-state index contributed by atoms with van der Waals surface area (Å²) in [5.41, 5.74) is 3.00. The molecule has 1 aromatic heterocycles. The van der Waals surface area contributed by atoms with E-state index in [0.29, 0.717) is 5.58 Å². The molecule has 0 radical (unpaired) electrons. The van der Waals surface area contributed by atoms with Crippen LogP contribution in [0.3, 0.4) is 0 Å². The van der Waals surface area contributed by atoms with Gasteiger partial charge in [0.05, 0.1) is 0 Å². The molecule has 0 saturated carbocycles. The first-order chi connectivity index (χ1) is 8.74. The molecule has 0 spiro atoms. The molecule has 0 aliphatic heterocycles. The molecular formula is C14H11BO3. The Labute approximate surface area is 104 Å². The predicted molar refractivity (Wildman–Crippen MR) is 71.5 cm³/mol. The molecule has 18 heavy (non-hydrogen) atoms. The van der Waals surface area contributed by atoms with Crippen LogP contribution in [0.1, 0.15) is 0 Å². The van der Waals surface area contributed by atoms with Crippen LogP contribution in [0.25, 0.3) is 22.1 Å². The van der Waals surface area contributed by atoms with Crippen molar-refractivity contribution in [2.45, 2.75) is 0 Å². The van der Waals surface area contributed by atoms with Gasteiger partial charge in [-0.15, -0.1) is 0 Å². The Hall–Kier alpha value is -2.04. The Bertz CT molecular complexity index is 674. The third kappa shape index (κ3) is 1.92. The van der Waals surface area contributed by atoms with Crippen molar-refractivity contribution in [3.63, 3.8) is 0 Å². The van der Waals surface area contributed by atoms with Crippen molar-refractivity contribution < 1.29 is 14.5 Å². The van der Waals surface area contributed by atoms with E-state index in [4.69, 9.17) is 14.5 Å². The molecule has 0 aliphatic rings. The molecular weight excluding hydrogens is 227 g/mol. The molecule has 0 amide bonds. The molecule has 1 heterocycles. The molecule has 0 unspecified atom stereocenters. The van der Waals surface area contributed by atoms with Crippen molar-refractivity contribution in [2.75, 3.05) is 0 Å². The Balaban J connectivity index is 2.11. The van der Waals surface area contributed by atoms with Gasteiger partial charge in [0.15, 0.2) is 0 Å². The van der Waals surface area contributed by atoms with Crippen LogP contribution >= 0.6 is 0 Å². The fourth-order valence-electron chi connectivity index (χ4n) is 2.00. The van der Waals surface area contributed by atoms with Crippen LogP contribution < -0.4 is 5.66 Å². The van der Waals surface area contributed by atoms with Gasteiger partial charge < -0.3 is 14.5 Å². The van der Waals surface area contributed by atoms with E-state index in [1.54, 1.807) is 6.07 Å². The molecule has 3 aromatic rings. The molecule has 88 valence electrons. The first-order valence-corrected chi connectivity index (χ1v) is 5.69. The van der Waals surface area contributed by atoms with E-state index in [9.17, 15) is 0 Å². The van der Waals surface area contributed by atoms with E-state index in [0.717, 1.165) is 16.5 Å². The summed E-state index contributed by atoms with van der Waals surface area (Å²) in [5, 5.41) is 19.0. The number of fused-ring (bicyclic) bond motifs is 1. The normalized spacial score (nSPS) is 10.8. The minimum absolute atomic E-state index is 0.162. The van der Waals surface area contributed by atoms with Gasteiger partial charge in [-0.2, -0.15) is 0 Å². The van der Waals surface area contributed by atoms with E-state index in [2.05, 4.69) is 0 Å². The second-order valence-corrected chi connectivity index (χ2v) is 4.14. The molecule has 2 N–H and O–H groups in total. The summed E-state index contributed by atoms with van der Waals surface area (Å²) >= 11 is 0. The number of hydrogen-bond donors (Lipinski definition) is 2. The van der Waals surface area contributed by atoms with Crippen molar-refractivity contribution in [3.05, 3.63) is 54.6 Å². The summed E-state index contributed by atoms with van der Waals surface area (Å²) in [6.45, 7) is 0. The lowest BCUT2D eigenvalue weighted by molar-refractivity contribution is 0.412. The Kier molecular flexibility index (Phi) is 2.66. The topological polar surface area (TPSA) is 53.6 Å². The van der Waals surface area contributed by atoms with Gasteiger partial charge in [-0.3, -0.25) is 0 Å². The van der Waals surface area contributed by atoms with Crippen molar-refractivity contribution in [2.24, 2.45) is 0 Å². The Morgan fingerprint density at radius 2 is 1.61 bits per heavy atom. The maximum absolute atomic E-state index is 9.07. The van der Waals surface area contributed by atoms with Crippen LogP contribution in [0.5, 0.6) is 0 Å². The van der Waals surface area contributed by atoms with E-state index in [-0.39, 0.29) is 5.66 Å². The largest absolute Gasteiger partial charge is 0.526 e. The van der Waals surface area contributed by atoms with Crippen molar-refractivity contribution in [3.8, 4) is 11.1 Å². The zero-order valence-electron chi connectivity index (χ0n) is 9.58. The molecule has 0 atom stereocenters. The first-order valence-electron chi connectivity index (χ1n) is 5.69. The predicted octanol–water partition coefficient (Wildman–Crippen LogP) is 1.78. The summed E-state index contributed by atoms with van der Waals surface area (Å²) < 4.78 is 5.32. The van der Waals surface area contributed by atoms with E-state index < -0.39 is 7.12 Å². The van der Waals surface area contributed by atoms with Crippen LogP contribution in [0.4, 0.5) is 0 Å². The molecule has 0 bridgehead atoms. The Morgan fingerprint density at radius 1 is 0.833 bits per heavy atom. The summed E-state index contributed by atoms with van der Waals surface area (Å²) in [6, 6.07) is 17.4. The smallest absolute Gasteiger partial charge is 0.465 e. The standard InChI is InChI=1S/C14H11BO3/c16-15(17)14-9-12-8-11(6-7-13(12)18-14)10-4-2-1-3-5-10/h1-9,16-17H. The van der Waals surface area contributed by atoms with Crippen molar-refractivity contribution >= 4 is 23.7 Å². The highest BCUT2D eigenvalue weighted by Gasteiger charge is 2.16. The fraction of sp³-hybridized carbons (Fsp3) is 0. The molecule has 3 rings (SSSR count). The van der Waals surface area contributed by atoms with Gasteiger partial charge in [-0.25, -0.2) is 0 Å². The van der Waals surface area contributed by atoms with Crippen LogP contribution in [0.15, 0.2) is 59.0 Å². The first kappa shape index (κ1) is 11.1. The quantitative estimate of drug-likeness (QED) is 0.669. The monoisotopic (exact) mass is 238 g/mol. The van der Waals surface area contributed by atoms with Gasteiger partial charge in [-0.1, -0.05) is 36.4 Å². The summed E-state index contributed by atoms with van der Waals surface area (Å²) in [5.74, 6) is 0. The lowest BCUT2D eigenvalue weighted by Crippen LogP contribution is -2.27. The summed E-state index contributed by atoms with van der Waals surface area (Å²) in [7, 11) is -1.57. The minimum atomic E-state index is -1.57. The summed E-state index contributed by atoms with van der Waals surface area (Å²) in [6.07, 6.45) is 0. The zero-order valence-corrected chi connectivity index (χ0v) is 9.58. The third-order valence-electron chi connectivity index (χ3n) is 2.90. The van der Waals surface area contributed by atoms with Gasteiger partial charge in [0.1, 0.15) is 11.2 Å². The average molecular weight is 238 g/mol. The number of rotatable bonds is 2. The molecule has 0 saturated heterocycles. The van der Waals surface area contributed by atoms with Crippen LogP contribution in [0.2, 0.25) is 0 Å². The molecule has 3 nitrogen and oxygen atoms in total. The van der Waals surface area contributed by atoms with Crippen molar-refractivity contribution in [1.29, 1.82) is 0 Å². The number of benzene rings is 2. The van der Waals surface area contributed by atoms with E-state index in [1.165, 1.54) is 0 Å². The van der Waals surface area contributed by atoms with Crippen LogP contribution in [0, 0.1) is 0 Å². The maximum Gasteiger partial charge on any atom is 0.526 e. The highest BCUT2D eigenvalue weighted by Crippen LogP contribution is 2.24. The van der Waals surface area contributed by atoms with Gasteiger partial charge in [0, 0.05) is 5.39 Å². The van der Waals surface area contributed by atoms with E-state index >= 15 is 0 Å².